The summed E-state index contributed by atoms with van der Waals surface area (Å²) in [5, 5.41) is 7.32. The Labute approximate surface area is 173 Å². The molecule has 0 aliphatic carbocycles. The molecular formula is C20H19BrN4O2S. The number of hydrogen-bond donors (Lipinski definition) is 1. The van der Waals surface area contributed by atoms with Crippen LogP contribution in [0.25, 0.3) is 15.7 Å². The minimum atomic E-state index is -0.254. The molecule has 0 saturated carbocycles. The molecule has 8 heteroatoms. The van der Waals surface area contributed by atoms with Gasteiger partial charge in [-0.1, -0.05) is 35.0 Å². The Kier molecular flexibility index (Phi) is 5.07. The van der Waals surface area contributed by atoms with Gasteiger partial charge in [-0.2, -0.15) is 5.10 Å². The number of nitrogens with one attached hydrogen (secondary N) is 1. The maximum absolute atomic E-state index is 12.9. The zero-order valence-corrected chi connectivity index (χ0v) is 17.9. The van der Waals surface area contributed by atoms with Gasteiger partial charge in [-0.25, -0.2) is 4.68 Å². The third-order valence-corrected chi connectivity index (χ3v) is 6.03. The fourth-order valence-electron chi connectivity index (χ4n) is 3.29. The molecule has 0 aliphatic heterocycles. The molecule has 28 heavy (non-hydrogen) atoms. The molecule has 1 N–H and O–H groups in total. The second kappa shape index (κ2) is 7.52. The molecule has 4 aromatic rings. The highest BCUT2D eigenvalue weighted by Crippen LogP contribution is 2.28. The smallest absolute Gasteiger partial charge is 0.291 e. The lowest BCUT2D eigenvalue weighted by molar-refractivity contribution is -0.122. The maximum atomic E-state index is 12.9. The van der Waals surface area contributed by atoms with Crippen molar-refractivity contribution in [2.45, 2.75) is 33.4 Å². The highest BCUT2D eigenvalue weighted by Gasteiger charge is 2.16. The minimum absolute atomic E-state index is 0.103. The van der Waals surface area contributed by atoms with Gasteiger partial charge in [0.25, 0.3) is 5.56 Å². The van der Waals surface area contributed by atoms with Crippen LogP contribution in [0.5, 0.6) is 0 Å². The first-order valence-corrected chi connectivity index (χ1v) is 10.6. The largest absolute Gasteiger partial charge is 0.350 e. The number of halogens is 1. The zero-order valence-electron chi connectivity index (χ0n) is 15.5. The Morgan fingerprint density at radius 3 is 2.82 bits per heavy atom. The van der Waals surface area contributed by atoms with Gasteiger partial charge in [0.1, 0.15) is 17.9 Å². The van der Waals surface area contributed by atoms with E-state index in [4.69, 9.17) is 0 Å². The number of thiophene rings is 1. The van der Waals surface area contributed by atoms with Crippen molar-refractivity contribution in [1.82, 2.24) is 19.5 Å². The van der Waals surface area contributed by atoms with Crippen molar-refractivity contribution in [2.24, 2.45) is 0 Å². The van der Waals surface area contributed by atoms with E-state index in [-0.39, 0.29) is 18.0 Å². The summed E-state index contributed by atoms with van der Waals surface area (Å²) in [6.07, 6.45) is 0.662. The molecule has 3 aromatic heterocycles. The van der Waals surface area contributed by atoms with Crippen LogP contribution in [0.4, 0.5) is 0 Å². The zero-order chi connectivity index (χ0) is 19.8. The van der Waals surface area contributed by atoms with E-state index in [2.05, 4.69) is 32.4 Å². The first-order valence-electron chi connectivity index (χ1n) is 8.99. The van der Waals surface area contributed by atoms with Gasteiger partial charge in [0, 0.05) is 22.3 Å². The van der Waals surface area contributed by atoms with Crippen LogP contribution in [0.3, 0.4) is 0 Å². The normalized spacial score (nSPS) is 11.4. The average Bonchev–Trinajstić information content (AvgIpc) is 3.19. The Hall–Kier alpha value is -2.45. The Balaban J connectivity index is 1.62. The molecule has 1 amide bonds. The molecule has 144 valence electrons. The Morgan fingerprint density at radius 2 is 2.07 bits per heavy atom. The van der Waals surface area contributed by atoms with Gasteiger partial charge in [0.05, 0.1) is 10.2 Å². The number of benzene rings is 1. The number of hydrogen-bond acceptors (Lipinski definition) is 4. The van der Waals surface area contributed by atoms with Crippen LogP contribution < -0.4 is 10.9 Å². The van der Waals surface area contributed by atoms with E-state index in [1.807, 2.05) is 48.6 Å². The van der Waals surface area contributed by atoms with Gasteiger partial charge >= 0.3 is 0 Å². The van der Waals surface area contributed by atoms with Crippen molar-refractivity contribution >= 4 is 48.9 Å². The van der Waals surface area contributed by atoms with Gasteiger partial charge in [0.15, 0.2) is 0 Å². The summed E-state index contributed by atoms with van der Waals surface area (Å²) < 4.78 is 5.19. The molecule has 0 fully saturated rings. The molecule has 0 saturated heterocycles. The first-order chi connectivity index (χ1) is 13.5. The number of carbonyl (C=O) groups excluding carboxylic acids is 1. The molecule has 0 spiro atoms. The molecule has 6 nitrogen and oxygen atoms in total. The van der Waals surface area contributed by atoms with Crippen LogP contribution in [0.15, 0.2) is 45.7 Å². The number of rotatable bonds is 5. The fraction of sp³-hybridized carbons (Fsp3) is 0.250. The van der Waals surface area contributed by atoms with E-state index in [0.717, 1.165) is 26.1 Å². The SMILES string of the molecule is CCc1nn(CC(=O)NCc2cccc(Br)c2)c(=O)c2cc3sc(C)cc3n12. The van der Waals surface area contributed by atoms with E-state index in [1.54, 1.807) is 11.3 Å². The molecule has 0 bridgehead atoms. The number of aromatic nitrogens is 3. The molecule has 0 unspecified atom stereocenters. The van der Waals surface area contributed by atoms with Gasteiger partial charge < -0.3 is 5.32 Å². The van der Waals surface area contributed by atoms with Crippen LogP contribution in [0.1, 0.15) is 23.2 Å². The van der Waals surface area contributed by atoms with Crippen LogP contribution in [-0.4, -0.2) is 20.1 Å². The number of nitrogens with zero attached hydrogens (tertiary/aromatic N) is 3. The fourth-order valence-corrected chi connectivity index (χ4v) is 4.68. The Morgan fingerprint density at radius 1 is 1.25 bits per heavy atom. The summed E-state index contributed by atoms with van der Waals surface area (Å²) in [4.78, 5) is 26.5. The lowest BCUT2D eigenvalue weighted by Gasteiger charge is -2.10. The number of aryl methyl sites for hydroxylation is 2. The van der Waals surface area contributed by atoms with Crippen LogP contribution in [0.2, 0.25) is 0 Å². The third-order valence-electron chi connectivity index (χ3n) is 4.55. The van der Waals surface area contributed by atoms with E-state index < -0.39 is 0 Å². The van der Waals surface area contributed by atoms with Crippen molar-refractivity contribution in [2.75, 3.05) is 0 Å². The van der Waals surface area contributed by atoms with Crippen molar-refractivity contribution in [3.8, 4) is 0 Å². The van der Waals surface area contributed by atoms with Crippen molar-refractivity contribution < 1.29 is 4.79 Å². The van der Waals surface area contributed by atoms with E-state index >= 15 is 0 Å². The number of amides is 1. The highest BCUT2D eigenvalue weighted by molar-refractivity contribution is 9.10. The second-order valence-electron chi connectivity index (χ2n) is 6.61. The van der Waals surface area contributed by atoms with Gasteiger partial charge in [0.2, 0.25) is 5.91 Å². The summed E-state index contributed by atoms with van der Waals surface area (Å²) in [7, 11) is 0. The van der Waals surface area contributed by atoms with Crippen LogP contribution in [-0.2, 0) is 24.3 Å². The second-order valence-corrected chi connectivity index (χ2v) is 8.81. The van der Waals surface area contributed by atoms with E-state index in [1.165, 1.54) is 9.56 Å². The van der Waals surface area contributed by atoms with Gasteiger partial charge in [-0.3, -0.25) is 14.0 Å². The van der Waals surface area contributed by atoms with Crippen molar-refractivity contribution in [1.29, 1.82) is 0 Å². The van der Waals surface area contributed by atoms with Crippen molar-refractivity contribution in [3.05, 3.63) is 67.5 Å². The molecule has 0 radical (unpaired) electrons. The quantitative estimate of drug-likeness (QED) is 0.496. The van der Waals surface area contributed by atoms with Crippen molar-refractivity contribution in [3.63, 3.8) is 0 Å². The lowest BCUT2D eigenvalue weighted by Crippen LogP contribution is -2.35. The number of fused-ring (bicyclic) bond motifs is 3. The van der Waals surface area contributed by atoms with Gasteiger partial charge in [-0.05, 0) is 36.8 Å². The van der Waals surface area contributed by atoms with Crippen LogP contribution >= 0.6 is 27.3 Å². The minimum Gasteiger partial charge on any atom is -0.350 e. The average molecular weight is 459 g/mol. The summed E-state index contributed by atoms with van der Waals surface area (Å²) in [6.45, 7) is 4.34. The molecule has 1 aromatic carbocycles. The molecule has 4 rings (SSSR count). The standard InChI is InChI=1S/C20H19BrN4O2S/c1-3-18-23-24(11-19(26)22-10-13-5-4-6-14(21)8-13)20(27)16-9-17-15(25(16)18)7-12(2)28-17/h4-9H,3,10-11H2,1-2H3,(H,22,26). The predicted molar refractivity (Wildman–Crippen MR) is 115 cm³/mol. The lowest BCUT2D eigenvalue weighted by atomic mass is 10.2. The summed E-state index contributed by atoms with van der Waals surface area (Å²) >= 11 is 5.07. The third kappa shape index (κ3) is 3.49. The Bertz CT molecular complexity index is 1250. The van der Waals surface area contributed by atoms with Gasteiger partial charge in [-0.15, -0.1) is 11.3 Å². The van der Waals surface area contributed by atoms with E-state index in [9.17, 15) is 9.59 Å². The molecule has 0 aliphatic rings. The summed E-state index contributed by atoms with van der Waals surface area (Å²) in [6, 6.07) is 11.7. The number of carbonyl (C=O) groups is 1. The predicted octanol–water partition coefficient (Wildman–Crippen LogP) is 3.66. The summed E-state index contributed by atoms with van der Waals surface area (Å²) in [5.74, 6) is 0.521. The highest BCUT2D eigenvalue weighted by atomic mass is 79.9. The summed E-state index contributed by atoms with van der Waals surface area (Å²) in [5.41, 5.74) is 2.30. The van der Waals surface area contributed by atoms with Crippen LogP contribution in [0, 0.1) is 6.92 Å². The molecule has 0 atom stereocenters. The molecule has 3 heterocycles. The monoisotopic (exact) mass is 458 g/mol. The van der Waals surface area contributed by atoms with E-state index in [0.29, 0.717) is 18.5 Å². The topological polar surface area (TPSA) is 68.4 Å². The molecular weight excluding hydrogens is 440 g/mol. The first kappa shape index (κ1) is 18.9. The maximum Gasteiger partial charge on any atom is 0.291 e.